The van der Waals surface area contributed by atoms with Gasteiger partial charge in [0.25, 0.3) is 0 Å². The fourth-order valence-corrected chi connectivity index (χ4v) is 2.41. The third kappa shape index (κ3) is 2.50. The van der Waals surface area contributed by atoms with Gasteiger partial charge in [-0.2, -0.15) is 0 Å². The van der Waals surface area contributed by atoms with Gasteiger partial charge in [0, 0.05) is 11.9 Å². The van der Waals surface area contributed by atoms with Crippen LogP contribution in [0.25, 0.3) is 16.6 Å². The van der Waals surface area contributed by atoms with Crippen molar-refractivity contribution in [2.75, 3.05) is 10.6 Å². The monoisotopic (exact) mass is 322 g/mol. The number of amides is 2. The molecule has 2 amide bonds. The summed E-state index contributed by atoms with van der Waals surface area (Å²) in [6, 6.07) is 10.6. The zero-order valence-electron chi connectivity index (χ0n) is 12.3. The molecule has 0 aliphatic rings. The Morgan fingerprint density at radius 3 is 2.71 bits per heavy atom. The van der Waals surface area contributed by atoms with Crippen LogP contribution in [-0.4, -0.2) is 25.6 Å². The number of anilines is 2. The lowest BCUT2D eigenvalue weighted by Gasteiger charge is -2.07. The quantitative estimate of drug-likeness (QED) is 0.594. The zero-order valence-corrected chi connectivity index (χ0v) is 12.3. The van der Waals surface area contributed by atoms with E-state index in [1.807, 2.05) is 18.2 Å². The van der Waals surface area contributed by atoms with E-state index in [2.05, 4.69) is 25.7 Å². The number of fused-ring (bicyclic) bond motifs is 3. The number of carbonyl (C=O) groups is 1. The Labute approximate surface area is 135 Å². The predicted octanol–water partition coefficient (Wildman–Crippen LogP) is 3.06. The van der Waals surface area contributed by atoms with E-state index >= 15 is 0 Å². The molecule has 3 heterocycles. The molecule has 0 bridgehead atoms. The molecule has 0 atom stereocenters. The molecular formula is C16H11FN6O. The molecule has 0 spiro atoms. The summed E-state index contributed by atoms with van der Waals surface area (Å²) in [5, 5.41) is 10.3. The number of nitrogens with one attached hydrogen (secondary N) is 2. The molecule has 0 aliphatic carbocycles. The van der Waals surface area contributed by atoms with Crippen molar-refractivity contribution in [3.05, 3.63) is 60.8 Å². The van der Waals surface area contributed by atoms with E-state index in [9.17, 15) is 9.18 Å². The van der Waals surface area contributed by atoms with Crippen LogP contribution in [0.5, 0.6) is 0 Å². The number of nitrogens with zero attached hydrogens (tertiary/aromatic N) is 4. The van der Waals surface area contributed by atoms with Gasteiger partial charge in [-0.1, -0.05) is 6.07 Å². The van der Waals surface area contributed by atoms with Gasteiger partial charge in [0.15, 0.2) is 5.65 Å². The average Bonchev–Trinajstić information content (AvgIpc) is 2.96. The maximum Gasteiger partial charge on any atom is 0.324 e. The second-order valence-electron chi connectivity index (χ2n) is 5.04. The Kier molecular flexibility index (Phi) is 3.27. The number of halogens is 1. The van der Waals surface area contributed by atoms with Crippen molar-refractivity contribution in [1.82, 2.24) is 19.6 Å². The summed E-state index contributed by atoms with van der Waals surface area (Å²) in [4.78, 5) is 20.4. The molecule has 0 radical (unpaired) electrons. The van der Waals surface area contributed by atoms with Crippen LogP contribution in [0.4, 0.5) is 20.7 Å². The normalized spacial score (nSPS) is 10.9. The number of hydrogen-bond acceptors (Lipinski definition) is 4. The minimum absolute atomic E-state index is 0.348. The molecule has 7 nitrogen and oxygen atoms in total. The molecule has 4 rings (SSSR count). The topological polar surface area (TPSA) is 84.2 Å². The molecule has 0 saturated carbocycles. The second-order valence-corrected chi connectivity index (χ2v) is 5.04. The number of pyridine rings is 1. The highest BCUT2D eigenvalue weighted by Gasteiger charge is 2.13. The van der Waals surface area contributed by atoms with E-state index < -0.39 is 6.03 Å². The van der Waals surface area contributed by atoms with E-state index in [0.717, 1.165) is 5.52 Å². The van der Waals surface area contributed by atoms with Crippen LogP contribution in [-0.2, 0) is 0 Å². The lowest BCUT2D eigenvalue weighted by Crippen LogP contribution is -2.20. The van der Waals surface area contributed by atoms with Crippen molar-refractivity contribution >= 4 is 34.1 Å². The number of benzene rings is 1. The molecule has 4 aromatic rings. The van der Waals surface area contributed by atoms with Crippen LogP contribution in [0.15, 0.2) is 55.0 Å². The molecular weight excluding hydrogens is 311 g/mol. The fourth-order valence-electron chi connectivity index (χ4n) is 2.41. The van der Waals surface area contributed by atoms with E-state index in [1.54, 1.807) is 10.7 Å². The third-order valence-electron chi connectivity index (χ3n) is 3.46. The summed E-state index contributed by atoms with van der Waals surface area (Å²) in [5.41, 5.74) is 1.73. The first-order valence-electron chi connectivity index (χ1n) is 7.12. The van der Waals surface area contributed by atoms with E-state index in [4.69, 9.17) is 0 Å². The SMILES string of the molecule is O=C(Nc1ccc(F)cc1)Nc1ncnc2nn3ccccc3c12. The van der Waals surface area contributed by atoms with Crippen molar-refractivity contribution in [3.8, 4) is 0 Å². The van der Waals surface area contributed by atoms with Crippen LogP contribution < -0.4 is 10.6 Å². The molecule has 24 heavy (non-hydrogen) atoms. The summed E-state index contributed by atoms with van der Waals surface area (Å²) in [7, 11) is 0. The Bertz CT molecular complexity index is 1040. The summed E-state index contributed by atoms with van der Waals surface area (Å²) in [6.07, 6.45) is 3.13. The van der Waals surface area contributed by atoms with Crippen molar-refractivity contribution < 1.29 is 9.18 Å². The molecule has 2 N–H and O–H groups in total. The van der Waals surface area contributed by atoms with Crippen LogP contribution in [0, 0.1) is 5.82 Å². The smallest absolute Gasteiger partial charge is 0.308 e. The average molecular weight is 322 g/mol. The summed E-state index contributed by atoms with van der Waals surface area (Å²) < 4.78 is 14.6. The summed E-state index contributed by atoms with van der Waals surface area (Å²) in [6.45, 7) is 0. The van der Waals surface area contributed by atoms with Gasteiger partial charge < -0.3 is 5.32 Å². The third-order valence-corrected chi connectivity index (χ3v) is 3.46. The predicted molar refractivity (Wildman–Crippen MR) is 87.3 cm³/mol. The van der Waals surface area contributed by atoms with Crippen molar-refractivity contribution in [3.63, 3.8) is 0 Å². The van der Waals surface area contributed by atoms with Gasteiger partial charge in [0.05, 0.1) is 10.9 Å². The Hall–Kier alpha value is -3.55. The van der Waals surface area contributed by atoms with E-state index in [-0.39, 0.29) is 5.82 Å². The first kappa shape index (κ1) is 14.1. The number of rotatable bonds is 2. The Balaban J connectivity index is 1.66. The number of carbonyl (C=O) groups excluding carboxylic acids is 1. The number of urea groups is 1. The molecule has 118 valence electrons. The first-order chi connectivity index (χ1) is 11.7. The Morgan fingerprint density at radius 1 is 1.04 bits per heavy atom. The summed E-state index contributed by atoms with van der Waals surface area (Å²) >= 11 is 0. The van der Waals surface area contributed by atoms with Crippen LogP contribution >= 0.6 is 0 Å². The molecule has 0 aliphatic heterocycles. The molecule has 0 unspecified atom stereocenters. The molecule has 3 aromatic heterocycles. The van der Waals surface area contributed by atoms with Crippen LogP contribution in [0.1, 0.15) is 0 Å². The van der Waals surface area contributed by atoms with E-state index in [1.165, 1.54) is 30.6 Å². The molecule has 1 aromatic carbocycles. The Morgan fingerprint density at radius 2 is 1.88 bits per heavy atom. The van der Waals surface area contributed by atoms with Gasteiger partial charge in [-0.25, -0.2) is 23.7 Å². The minimum Gasteiger partial charge on any atom is -0.308 e. The fraction of sp³-hybridized carbons (Fsp3) is 0. The maximum atomic E-state index is 12.9. The first-order valence-corrected chi connectivity index (χ1v) is 7.12. The van der Waals surface area contributed by atoms with Crippen molar-refractivity contribution in [2.24, 2.45) is 0 Å². The number of aromatic nitrogens is 4. The molecule has 0 saturated heterocycles. The van der Waals surface area contributed by atoms with Gasteiger partial charge in [0.2, 0.25) is 0 Å². The van der Waals surface area contributed by atoms with E-state index in [0.29, 0.717) is 22.5 Å². The molecule has 8 heteroatoms. The van der Waals surface area contributed by atoms with Crippen molar-refractivity contribution in [1.29, 1.82) is 0 Å². The van der Waals surface area contributed by atoms with Crippen LogP contribution in [0.2, 0.25) is 0 Å². The standard InChI is InChI=1S/C16H11FN6O/c17-10-4-6-11(7-5-10)20-16(24)21-14-13-12-3-1-2-8-23(12)22-15(13)19-9-18-14/h1-9H,(H2,18,19,20,21,22,24). The zero-order chi connectivity index (χ0) is 16.5. The van der Waals surface area contributed by atoms with Gasteiger partial charge in [-0.15, -0.1) is 5.10 Å². The highest BCUT2D eigenvalue weighted by Crippen LogP contribution is 2.24. The van der Waals surface area contributed by atoms with Crippen LogP contribution in [0.3, 0.4) is 0 Å². The maximum absolute atomic E-state index is 12.9. The highest BCUT2D eigenvalue weighted by molar-refractivity contribution is 6.08. The molecule has 0 fully saturated rings. The van der Waals surface area contributed by atoms with Gasteiger partial charge >= 0.3 is 6.03 Å². The van der Waals surface area contributed by atoms with Gasteiger partial charge in [-0.3, -0.25) is 5.32 Å². The minimum atomic E-state index is -0.489. The second kappa shape index (κ2) is 5.58. The van der Waals surface area contributed by atoms with Gasteiger partial charge in [0.1, 0.15) is 18.0 Å². The highest BCUT2D eigenvalue weighted by atomic mass is 19.1. The largest absolute Gasteiger partial charge is 0.324 e. The number of hydrogen-bond donors (Lipinski definition) is 2. The lowest BCUT2D eigenvalue weighted by molar-refractivity contribution is 0.262. The van der Waals surface area contributed by atoms with Crippen molar-refractivity contribution in [2.45, 2.75) is 0 Å². The van der Waals surface area contributed by atoms with Gasteiger partial charge in [-0.05, 0) is 36.4 Å². The lowest BCUT2D eigenvalue weighted by atomic mass is 10.3. The summed E-state index contributed by atoms with van der Waals surface area (Å²) in [5.74, 6) is -0.0226.